The van der Waals surface area contributed by atoms with Crippen LogP contribution in [-0.4, -0.2) is 63.9 Å². The molecule has 0 aromatic rings. The summed E-state index contributed by atoms with van der Waals surface area (Å²) in [6, 6.07) is 0. The lowest BCUT2D eigenvalue weighted by atomic mass is 10.2. The fourth-order valence-electron chi connectivity index (χ4n) is 2.33. The second-order valence-electron chi connectivity index (χ2n) is 6.10. The van der Waals surface area contributed by atoms with Crippen LogP contribution in [0.2, 0.25) is 0 Å². The van der Waals surface area contributed by atoms with Gasteiger partial charge in [0.2, 0.25) is 0 Å². The Morgan fingerprint density at radius 3 is 2.32 bits per heavy atom. The molecule has 0 aliphatic rings. The molecule has 0 heterocycles. The average Bonchev–Trinajstić information content (AvgIpc) is 2.54. The number of rotatable bonds is 17. The summed E-state index contributed by atoms with van der Waals surface area (Å²) in [5.74, 6) is 0. The molecule has 5 heteroatoms. The molecule has 0 saturated heterocycles. The first-order chi connectivity index (χ1) is 10.7. The van der Waals surface area contributed by atoms with Crippen molar-refractivity contribution in [2.75, 3.05) is 52.9 Å². The van der Waals surface area contributed by atoms with E-state index in [9.17, 15) is 0 Å². The SMILES string of the molecule is CCCNC(CCCNCCCN(C)CC)NCCCCN. The van der Waals surface area contributed by atoms with Crippen LogP contribution in [0, 0.1) is 0 Å². The fourth-order valence-corrected chi connectivity index (χ4v) is 2.33. The number of hydrogen-bond acceptors (Lipinski definition) is 5. The first-order valence-electron chi connectivity index (χ1n) is 9.30. The summed E-state index contributed by atoms with van der Waals surface area (Å²) in [5, 5.41) is 10.8. The molecule has 5 N–H and O–H groups in total. The van der Waals surface area contributed by atoms with E-state index in [1.807, 2.05) is 0 Å². The largest absolute Gasteiger partial charge is 0.330 e. The molecule has 5 nitrogen and oxygen atoms in total. The average molecular weight is 316 g/mol. The molecule has 0 aromatic carbocycles. The Labute approximate surface area is 138 Å². The molecule has 0 rings (SSSR count). The first kappa shape index (κ1) is 21.8. The predicted octanol–water partition coefficient (Wildman–Crippen LogP) is 1.35. The molecule has 1 atom stereocenters. The van der Waals surface area contributed by atoms with Gasteiger partial charge in [0.25, 0.3) is 0 Å². The molecule has 22 heavy (non-hydrogen) atoms. The molecule has 0 aliphatic heterocycles. The number of hydrogen-bond donors (Lipinski definition) is 4. The lowest BCUT2D eigenvalue weighted by Gasteiger charge is -2.20. The van der Waals surface area contributed by atoms with Gasteiger partial charge >= 0.3 is 0 Å². The third-order valence-corrected chi connectivity index (χ3v) is 3.94. The van der Waals surface area contributed by atoms with E-state index in [2.05, 4.69) is 41.7 Å². The van der Waals surface area contributed by atoms with Crippen LogP contribution in [0.25, 0.3) is 0 Å². The van der Waals surface area contributed by atoms with Crippen LogP contribution in [0.5, 0.6) is 0 Å². The maximum absolute atomic E-state index is 5.54. The molecular formula is C17H41N5. The second-order valence-corrected chi connectivity index (χ2v) is 6.10. The van der Waals surface area contributed by atoms with Crippen LogP contribution in [-0.2, 0) is 0 Å². The van der Waals surface area contributed by atoms with Gasteiger partial charge in [0.05, 0.1) is 6.17 Å². The van der Waals surface area contributed by atoms with E-state index in [0.29, 0.717) is 6.17 Å². The van der Waals surface area contributed by atoms with E-state index in [4.69, 9.17) is 5.73 Å². The standard InChI is InChI=1S/C17H41N5/c1-4-12-20-17(21-15-7-6-11-18)10-8-13-19-14-9-16-22(3)5-2/h17,19-21H,4-16,18H2,1-3H3. The lowest BCUT2D eigenvalue weighted by Crippen LogP contribution is -2.43. The van der Waals surface area contributed by atoms with E-state index in [-0.39, 0.29) is 0 Å². The van der Waals surface area contributed by atoms with E-state index in [1.54, 1.807) is 0 Å². The van der Waals surface area contributed by atoms with Crippen LogP contribution < -0.4 is 21.7 Å². The van der Waals surface area contributed by atoms with Gasteiger partial charge < -0.3 is 26.6 Å². The highest BCUT2D eigenvalue weighted by atomic mass is 15.1. The van der Waals surface area contributed by atoms with Gasteiger partial charge in [0.15, 0.2) is 0 Å². The lowest BCUT2D eigenvalue weighted by molar-refractivity contribution is 0.342. The van der Waals surface area contributed by atoms with Crippen molar-refractivity contribution in [3.63, 3.8) is 0 Å². The van der Waals surface area contributed by atoms with E-state index >= 15 is 0 Å². The van der Waals surface area contributed by atoms with Crippen molar-refractivity contribution in [3.8, 4) is 0 Å². The second kappa shape index (κ2) is 17.2. The fraction of sp³-hybridized carbons (Fsp3) is 1.00. The van der Waals surface area contributed by atoms with Crippen LogP contribution in [0.3, 0.4) is 0 Å². The molecule has 1 unspecified atom stereocenters. The molecule has 0 radical (unpaired) electrons. The van der Waals surface area contributed by atoms with Gasteiger partial charge in [-0.3, -0.25) is 0 Å². The van der Waals surface area contributed by atoms with Crippen molar-refractivity contribution in [3.05, 3.63) is 0 Å². The molecule has 0 bridgehead atoms. The van der Waals surface area contributed by atoms with Crippen molar-refractivity contribution in [1.29, 1.82) is 0 Å². The van der Waals surface area contributed by atoms with Crippen molar-refractivity contribution >= 4 is 0 Å². The van der Waals surface area contributed by atoms with Gasteiger partial charge in [-0.1, -0.05) is 13.8 Å². The third-order valence-electron chi connectivity index (χ3n) is 3.94. The summed E-state index contributed by atoms with van der Waals surface area (Å²) in [4.78, 5) is 2.36. The highest BCUT2D eigenvalue weighted by molar-refractivity contribution is 4.65. The van der Waals surface area contributed by atoms with Crippen molar-refractivity contribution in [2.45, 2.75) is 58.5 Å². The van der Waals surface area contributed by atoms with Gasteiger partial charge in [0.1, 0.15) is 0 Å². The Morgan fingerprint density at radius 1 is 0.909 bits per heavy atom. The Kier molecular flexibility index (Phi) is 17.0. The van der Waals surface area contributed by atoms with Crippen LogP contribution in [0.4, 0.5) is 0 Å². The highest BCUT2D eigenvalue weighted by Gasteiger charge is 2.05. The summed E-state index contributed by atoms with van der Waals surface area (Å²) in [6.07, 6.45) is 7.55. The summed E-state index contributed by atoms with van der Waals surface area (Å²) in [6.45, 7) is 11.9. The van der Waals surface area contributed by atoms with E-state index in [0.717, 1.165) is 45.7 Å². The maximum Gasteiger partial charge on any atom is 0.0572 e. The summed E-state index contributed by atoms with van der Waals surface area (Å²) in [5.41, 5.74) is 5.54. The Bertz CT molecular complexity index is 213. The van der Waals surface area contributed by atoms with E-state index in [1.165, 1.54) is 38.6 Å². The number of nitrogens with zero attached hydrogens (tertiary/aromatic N) is 1. The molecule has 0 saturated carbocycles. The van der Waals surface area contributed by atoms with Crippen LogP contribution in [0.15, 0.2) is 0 Å². The summed E-state index contributed by atoms with van der Waals surface area (Å²) in [7, 11) is 2.18. The zero-order valence-corrected chi connectivity index (χ0v) is 15.3. The van der Waals surface area contributed by atoms with Crippen molar-refractivity contribution in [1.82, 2.24) is 20.9 Å². The number of nitrogens with two attached hydrogens (primary N) is 1. The van der Waals surface area contributed by atoms with Gasteiger partial charge in [-0.25, -0.2) is 0 Å². The van der Waals surface area contributed by atoms with Crippen molar-refractivity contribution < 1.29 is 0 Å². The molecule has 0 aromatic heterocycles. The third kappa shape index (κ3) is 14.7. The number of nitrogens with one attached hydrogen (secondary N) is 3. The maximum atomic E-state index is 5.54. The van der Waals surface area contributed by atoms with Gasteiger partial charge in [-0.2, -0.15) is 0 Å². The quantitative estimate of drug-likeness (QED) is 0.241. The Morgan fingerprint density at radius 2 is 1.64 bits per heavy atom. The van der Waals surface area contributed by atoms with Crippen LogP contribution in [0.1, 0.15) is 52.4 Å². The molecule has 0 aliphatic carbocycles. The Hall–Kier alpha value is -0.200. The smallest absolute Gasteiger partial charge is 0.0572 e. The molecule has 0 fully saturated rings. The predicted molar refractivity (Wildman–Crippen MR) is 98.3 cm³/mol. The zero-order chi connectivity index (χ0) is 16.5. The summed E-state index contributed by atoms with van der Waals surface area (Å²) < 4.78 is 0. The molecule has 0 spiro atoms. The normalized spacial score (nSPS) is 13.0. The zero-order valence-electron chi connectivity index (χ0n) is 15.3. The van der Waals surface area contributed by atoms with Crippen molar-refractivity contribution in [2.24, 2.45) is 5.73 Å². The highest BCUT2D eigenvalue weighted by Crippen LogP contribution is 1.95. The summed E-state index contributed by atoms with van der Waals surface area (Å²) >= 11 is 0. The Balaban J connectivity index is 3.56. The van der Waals surface area contributed by atoms with Gasteiger partial charge in [-0.15, -0.1) is 0 Å². The van der Waals surface area contributed by atoms with E-state index < -0.39 is 0 Å². The molecule has 0 amide bonds. The first-order valence-corrected chi connectivity index (χ1v) is 9.30. The molecular weight excluding hydrogens is 274 g/mol. The number of unbranched alkanes of at least 4 members (excludes halogenated alkanes) is 1. The molecule has 134 valence electrons. The van der Waals surface area contributed by atoms with Gasteiger partial charge in [0, 0.05) is 0 Å². The minimum absolute atomic E-state index is 0.450. The minimum Gasteiger partial charge on any atom is -0.330 e. The minimum atomic E-state index is 0.450. The monoisotopic (exact) mass is 315 g/mol. The van der Waals surface area contributed by atoms with Crippen LogP contribution >= 0.6 is 0 Å². The topological polar surface area (TPSA) is 65.3 Å². The van der Waals surface area contributed by atoms with Gasteiger partial charge in [-0.05, 0) is 91.4 Å².